The summed E-state index contributed by atoms with van der Waals surface area (Å²) in [6, 6.07) is 6.24. The fraction of sp³-hybridized carbons (Fsp3) is 0.571. The first-order valence-electron chi connectivity index (χ1n) is 9.72. The molecule has 4 aliphatic carbocycles. The molecule has 1 heterocycles. The summed E-state index contributed by atoms with van der Waals surface area (Å²) in [6.07, 6.45) is 9.98. The first kappa shape index (κ1) is 16.0. The molecule has 0 spiro atoms. The molecule has 4 saturated carbocycles. The van der Waals surface area contributed by atoms with Gasteiger partial charge < -0.3 is 5.32 Å². The molecule has 4 aliphatic rings. The number of nitrogens with zero attached hydrogens (tertiary/aromatic N) is 3. The molecule has 2 atom stereocenters. The molecule has 0 aliphatic heterocycles. The Kier molecular flexibility index (Phi) is 3.34. The third kappa shape index (κ3) is 2.32. The van der Waals surface area contributed by atoms with Crippen molar-refractivity contribution < 1.29 is 4.79 Å². The van der Waals surface area contributed by atoms with Crippen LogP contribution in [-0.4, -0.2) is 20.7 Å². The van der Waals surface area contributed by atoms with Gasteiger partial charge in [0.2, 0.25) is 5.91 Å². The third-order valence-corrected chi connectivity index (χ3v) is 7.05. The maximum Gasteiger partial charge on any atom is 0.230 e. The normalized spacial score (nSPS) is 34.8. The van der Waals surface area contributed by atoms with Gasteiger partial charge in [-0.1, -0.05) is 17.7 Å². The van der Waals surface area contributed by atoms with Crippen LogP contribution in [0.1, 0.15) is 49.7 Å². The number of carbonyl (C=O) groups excluding carboxylic acids is 1. The van der Waals surface area contributed by atoms with E-state index in [-0.39, 0.29) is 16.9 Å². The van der Waals surface area contributed by atoms with Crippen LogP contribution in [0.4, 0.5) is 5.69 Å². The zero-order valence-corrected chi connectivity index (χ0v) is 15.5. The molecule has 5 heteroatoms. The van der Waals surface area contributed by atoms with Crippen molar-refractivity contribution in [2.45, 2.75) is 57.9 Å². The molecule has 6 rings (SSSR count). The van der Waals surface area contributed by atoms with Crippen molar-refractivity contribution in [1.82, 2.24) is 14.8 Å². The van der Waals surface area contributed by atoms with Gasteiger partial charge in [0.05, 0.1) is 11.0 Å². The molecule has 4 bridgehead atoms. The van der Waals surface area contributed by atoms with Crippen molar-refractivity contribution in [3.8, 4) is 0 Å². The average Bonchev–Trinajstić information content (AvgIpc) is 3.11. The van der Waals surface area contributed by atoms with E-state index in [0.717, 1.165) is 43.4 Å². The van der Waals surface area contributed by atoms with E-state index >= 15 is 0 Å². The van der Waals surface area contributed by atoms with Gasteiger partial charge in [0.1, 0.15) is 12.7 Å². The van der Waals surface area contributed by atoms with E-state index in [2.05, 4.69) is 46.1 Å². The predicted molar refractivity (Wildman–Crippen MR) is 99.7 cm³/mol. The van der Waals surface area contributed by atoms with Crippen molar-refractivity contribution in [3.63, 3.8) is 0 Å². The molecule has 1 aromatic heterocycles. The van der Waals surface area contributed by atoms with Gasteiger partial charge in [0.15, 0.2) is 0 Å². The van der Waals surface area contributed by atoms with Gasteiger partial charge in [-0.15, -0.1) is 0 Å². The van der Waals surface area contributed by atoms with E-state index in [1.165, 1.54) is 12.0 Å². The Morgan fingerprint density at radius 3 is 2.62 bits per heavy atom. The number of hydrogen-bond acceptors (Lipinski definition) is 3. The van der Waals surface area contributed by atoms with Crippen molar-refractivity contribution in [2.24, 2.45) is 17.3 Å². The average molecular weight is 350 g/mol. The molecule has 1 amide bonds. The zero-order valence-electron chi connectivity index (χ0n) is 15.5. The highest BCUT2D eigenvalue weighted by molar-refractivity contribution is 5.96. The molecule has 1 aromatic carbocycles. The maximum atomic E-state index is 13.5. The second-order valence-corrected chi connectivity index (χ2v) is 9.08. The second-order valence-electron chi connectivity index (χ2n) is 9.08. The summed E-state index contributed by atoms with van der Waals surface area (Å²) in [5.74, 6) is 1.47. The maximum absolute atomic E-state index is 13.5. The molecule has 0 saturated heterocycles. The Morgan fingerprint density at radius 2 is 1.96 bits per heavy atom. The lowest BCUT2D eigenvalue weighted by Crippen LogP contribution is -2.60. The predicted octanol–water partition coefficient (Wildman–Crippen LogP) is 3.83. The molecule has 0 unspecified atom stereocenters. The molecule has 0 radical (unpaired) electrons. The van der Waals surface area contributed by atoms with Crippen LogP contribution in [0.25, 0.3) is 0 Å². The smallest absolute Gasteiger partial charge is 0.230 e. The van der Waals surface area contributed by atoms with E-state index in [4.69, 9.17) is 0 Å². The summed E-state index contributed by atoms with van der Waals surface area (Å²) in [5, 5.41) is 7.75. The number of anilines is 1. The second kappa shape index (κ2) is 5.41. The largest absolute Gasteiger partial charge is 0.325 e. The van der Waals surface area contributed by atoms with Crippen LogP contribution < -0.4 is 5.32 Å². The van der Waals surface area contributed by atoms with Gasteiger partial charge in [-0.3, -0.25) is 4.79 Å². The minimum atomic E-state index is -0.257. The number of benzene rings is 1. The van der Waals surface area contributed by atoms with Crippen molar-refractivity contribution >= 4 is 11.6 Å². The van der Waals surface area contributed by atoms with Crippen molar-refractivity contribution in [1.29, 1.82) is 0 Å². The summed E-state index contributed by atoms with van der Waals surface area (Å²) in [5.41, 5.74) is 3.04. The Labute approximate surface area is 154 Å². The first-order chi connectivity index (χ1) is 12.5. The summed E-state index contributed by atoms with van der Waals surface area (Å²) in [4.78, 5) is 17.6. The molecule has 2 aromatic rings. The van der Waals surface area contributed by atoms with Crippen LogP contribution in [0, 0.1) is 31.1 Å². The zero-order chi connectivity index (χ0) is 17.9. The molecular weight excluding hydrogens is 324 g/mol. The standard InChI is InChI=1S/C21H26N4O/c1-14-3-4-18(15(2)5-14)24-19(26)20-7-16-6-17(8-20)10-21(9-16,11-20)25-13-22-12-23-25/h3-5,12-13,16-17H,6-11H2,1-2H3,(H,24,26)/t16-,17-,20?,21?/m1/s1. The van der Waals surface area contributed by atoms with Gasteiger partial charge >= 0.3 is 0 Å². The molecule has 5 nitrogen and oxygen atoms in total. The number of carbonyl (C=O) groups is 1. The topological polar surface area (TPSA) is 59.8 Å². The lowest BCUT2D eigenvalue weighted by Gasteiger charge is -2.60. The minimum absolute atomic E-state index is 0.0136. The Morgan fingerprint density at radius 1 is 1.19 bits per heavy atom. The summed E-state index contributed by atoms with van der Waals surface area (Å²) in [6.45, 7) is 4.15. The van der Waals surface area contributed by atoms with Crippen LogP contribution in [0.3, 0.4) is 0 Å². The highest BCUT2D eigenvalue weighted by atomic mass is 16.2. The summed E-state index contributed by atoms with van der Waals surface area (Å²) >= 11 is 0. The van der Waals surface area contributed by atoms with Gasteiger partial charge in [0, 0.05) is 5.69 Å². The van der Waals surface area contributed by atoms with Crippen LogP contribution in [0.5, 0.6) is 0 Å². The van der Waals surface area contributed by atoms with Crippen LogP contribution in [0.2, 0.25) is 0 Å². The summed E-state index contributed by atoms with van der Waals surface area (Å²) < 4.78 is 2.06. The van der Waals surface area contributed by atoms with Crippen LogP contribution >= 0.6 is 0 Å². The number of aromatic nitrogens is 3. The quantitative estimate of drug-likeness (QED) is 0.915. The molecule has 26 heavy (non-hydrogen) atoms. The van der Waals surface area contributed by atoms with Crippen molar-refractivity contribution in [2.75, 3.05) is 5.32 Å². The third-order valence-electron chi connectivity index (χ3n) is 7.05. The van der Waals surface area contributed by atoms with Crippen molar-refractivity contribution in [3.05, 3.63) is 42.0 Å². The van der Waals surface area contributed by atoms with Crippen LogP contribution in [-0.2, 0) is 10.3 Å². The van der Waals surface area contributed by atoms with E-state index in [0.29, 0.717) is 11.8 Å². The number of aryl methyl sites for hydroxylation is 2. The van der Waals surface area contributed by atoms with E-state index < -0.39 is 0 Å². The van der Waals surface area contributed by atoms with Gasteiger partial charge in [-0.2, -0.15) is 5.10 Å². The monoisotopic (exact) mass is 350 g/mol. The number of hydrogen-bond donors (Lipinski definition) is 1. The highest BCUT2D eigenvalue weighted by Crippen LogP contribution is 2.64. The van der Waals surface area contributed by atoms with Gasteiger partial charge in [-0.25, -0.2) is 9.67 Å². The number of amides is 1. The lowest BCUT2D eigenvalue weighted by molar-refractivity contribution is -0.150. The number of nitrogens with one attached hydrogen (secondary N) is 1. The highest BCUT2D eigenvalue weighted by Gasteiger charge is 2.61. The van der Waals surface area contributed by atoms with E-state index in [1.54, 1.807) is 6.33 Å². The fourth-order valence-electron chi connectivity index (χ4n) is 6.41. The van der Waals surface area contributed by atoms with E-state index in [9.17, 15) is 4.79 Å². The molecule has 136 valence electrons. The molecule has 4 fully saturated rings. The van der Waals surface area contributed by atoms with Crippen LogP contribution in [0.15, 0.2) is 30.9 Å². The summed E-state index contributed by atoms with van der Waals surface area (Å²) in [7, 11) is 0. The lowest BCUT2D eigenvalue weighted by atomic mass is 9.46. The fourth-order valence-corrected chi connectivity index (χ4v) is 6.41. The first-order valence-corrected chi connectivity index (χ1v) is 9.72. The molecular formula is C21H26N4O. The number of rotatable bonds is 3. The minimum Gasteiger partial charge on any atom is -0.325 e. The van der Waals surface area contributed by atoms with Gasteiger partial charge in [0.25, 0.3) is 0 Å². The Bertz CT molecular complexity index is 843. The van der Waals surface area contributed by atoms with Gasteiger partial charge in [-0.05, 0) is 75.8 Å². The SMILES string of the molecule is Cc1ccc(NC(=O)C23C[C@H]4C[C@H](C2)CC(n2cncn2)(C4)C3)c(C)c1. The van der Waals surface area contributed by atoms with E-state index in [1.807, 2.05) is 12.4 Å². The Balaban J connectivity index is 1.47. The Hall–Kier alpha value is -2.17. The molecule has 1 N–H and O–H groups in total.